The predicted octanol–water partition coefficient (Wildman–Crippen LogP) is 4.92. The SMILES string of the molecule is CCn1c2ccccc2c2cc(NC(=O)[C@@H](C)N(c3ccc(C)cc3)S(C)(=O)=O)ccc21. The normalized spacial score (nSPS) is 12.8. The van der Waals surface area contributed by atoms with Gasteiger partial charge >= 0.3 is 0 Å². The van der Waals surface area contributed by atoms with Gasteiger partial charge in [0, 0.05) is 34.0 Å². The highest BCUT2D eigenvalue weighted by Gasteiger charge is 2.29. The van der Waals surface area contributed by atoms with E-state index in [1.165, 1.54) is 0 Å². The third-order valence-electron chi connectivity index (χ3n) is 5.73. The number of hydrogen-bond donors (Lipinski definition) is 1. The molecule has 7 heteroatoms. The molecule has 1 amide bonds. The summed E-state index contributed by atoms with van der Waals surface area (Å²) in [4.78, 5) is 13.1. The van der Waals surface area contributed by atoms with E-state index in [-0.39, 0.29) is 0 Å². The Labute approximate surface area is 188 Å². The average molecular weight is 450 g/mol. The molecule has 4 aromatic rings. The molecule has 0 radical (unpaired) electrons. The minimum absolute atomic E-state index is 0.394. The van der Waals surface area contributed by atoms with Gasteiger partial charge in [0.2, 0.25) is 15.9 Å². The van der Waals surface area contributed by atoms with Gasteiger partial charge in [0.05, 0.1) is 11.9 Å². The third kappa shape index (κ3) is 3.96. The van der Waals surface area contributed by atoms with E-state index in [1.807, 2.05) is 49.4 Å². The maximum atomic E-state index is 13.1. The molecule has 4 rings (SSSR count). The first-order valence-corrected chi connectivity index (χ1v) is 12.4. The number of fused-ring (bicyclic) bond motifs is 3. The van der Waals surface area contributed by atoms with Crippen LogP contribution in [-0.2, 0) is 21.4 Å². The Morgan fingerprint density at radius 2 is 1.66 bits per heavy atom. The molecule has 1 atom stereocenters. The first-order valence-electron chi connectivity index (χ1n) is 10.6. The Balaban J connectivity index is 1.68. The predicted molar refractivity (Wildman–Crippen MR) is 132 cm³/mol. The van der Waals surface area contributed by atoms with Crippen LogP contribution in [0.15, 0.2) is 66.7 Å². The topological polar surface area (TPSA) is 71.4 Å². The number of aromatic nitrogens is 1. The molecule has 1 N–H and O–H groups in total. The highest BCUT2D eigenvalue weighted by molar-refractivity contribution is 7.92. The van der Waals surface area contributed by atoms with Crippen molar-refractivity contribution in [3.05, 3.63) is 72.3 Å². The zero-order valence-electron chi connectivity index (χ0n) is 18.7. The molecular weight excluding hydrogens is 422 g/mol. The number of carbonyl (C=O) groups excluding carboxylic acids is 1. The van der Waals surface area contributed by atoms with Crippen molar-refractivity contribution < 1.29 is 13.2 Å². The monoisotopic (exact) mass is 449 g/mol. The fourth-order valence-corrected chi connectivity index (χ4v) is 5.39. The van der Waals surface area contributed by atoms with Crippen molar-refractivity contribution in [1.82, 2.24) is 4.57 Å². The largest absolute Gasteiger partial charge is 0.341 e. The summed E-state index contributed by atoms with van der Waals surface area (Å²) in [6.07, 6.45) is 1.11. The van der Waals surface area contributed by atoms with Gasteiger partial charge in [-0.05, 0) is 57.2 Å². The molecule has 32 heavy (non-hydrogen) atoms. The number of aryl methyl sites for hydroxylation is 2. The van der Waals surface area contributed by atoms with Gasteiger partial charge in [0.1, 0.15) is 6.04 Å². The van der Waals surface area contributed by atoms with Gasteiger partial charge in [0.25, 0.3) is 0 Å². The molecule has 0 aliphatic rings. The molecule has 6 nitrogen and oxygen atoms in total. The van der Waals surface area contributed by atoms with Gasteiger partial charge < -0.3 is 9.88 Å². The summed E-state index contributed by atoms with van der Waals surface area (Å²) in [7, 11) is -3.66. The molecule has 0 aliphatic carbocycles. The Bertz CT molecular complexity index is 1410. The number of nitrogens with zero attached hydrogens (tertiary/aromatic N) is 2. The molecular formula is C25H27N3O3S. The van der Waals surface area contributed by atoms with Crippen LogP contribution in [0.5, 0.6) is 0 Å². The van der Waals surface area contributed by atoms with Crippen molar-refractivity contribution in [3.63, 3.8) is 0 Å². The lowest BCUT2D eigenvalue weighted by Gasteiger charge is -2.28. The van der Waals surface area contributed by atoms with Crippen LogP contribution in [0.3, 0.4) is 0 Å². The fourth-order valence-electron chi connectivity index (χ4n) is 4.22. The lowest BCUT2D eigenvalue weighted by atomic mass is 10.1. The van der Waals surface area contributed by atoms with E-state index in [0.29, 0.717) is 11.4 Å². The van der Waals surface area contributed by atoms with Crippen LogP contribution in [0, 0.1) is 6.92 Å². The number of sulfonamides is 1. The van der Waals surface area contributed by atoms with Gasteiger partial charge in [-0.2, -0.15) is 0 Å². The molecule has 0 bridgehead atoms. The van der Waals surface area contributed by atoms with Crippen LogP contribution in [0.1, 0.15) is 19.4 Å². The Morgan fingerprint density at radius 3 is 2.31 bits per heavy atom. The molecule has 166 valence electrons. The van der Waals surface area contributed by atoms with Crippen LogP contribution in [0.2, 0.25) is 0 Å². The highest BCUT2D eigenvalue weighted by Crippen LogP contribution is 2.31. The number of para-hydroxylation sites is 1. The van der Waals surface area contributed by atoms with E-state index < -0.39 is 22.0 Å². The summed E-state index contributed by atoms with van der Waals surface area (Å²) >= 11 is 0. The van der Waals surface area contributed by atoms with Crippen LogP contribution >= 0.6 is 0 Å². The van der Waals surface area contributed by atoms with Gasteiger partial charge in [-0.25, -0.2) is 8.42 Å². The number of rotatable bonds is 6. The summed E-state index contributed by atoms with van der Waals surface area (Å²) < 4.78 is 28.4. The fraction of sp³-hybridized carbons (Fsp3) is 0.240. The summed E-state index contributed by atoms with van der Waals surface area (Å²) in [5.74, 6) is -0.394. The van der Waals surface area contributed by atoms with Crippen molar-refractivity contribution in [3.8, 4) is 0 Å². The third-order valence-corrected chi connectivity index (χ3v) is 6.97. The maximum Gasteiger partial charge on any atom is 0.247 e. The van der Waals surface area contributed by atoms with Crippen molar-refractivity contribution in [1.29, 1.82) is 0 Å². The standard InChI is InChI=1S/C25H27N3O3S/c1-5-27-23-9-7-6-8-21(23)22-16-19(12-15-24(22)27)26-25(29)18(3)28(32(4,30)31)20-13-10-17(2)11-14-20/h6-16,18H,5H2,1-4H3,(H,26,29)/t18-/m1/s1. The van der Waals surface area contributed by atoms with Crippen molar-refractivity contribution in [2.75, 3.05) is 15.9 Å². The summed E-state index contributed by atoms with van der Waals surface area (Å²) in [5.41, 5.74) is 4.34. The highest BCUT2D eigenvalue weighted by atomic mass is 32.2. The molecule has 0 unspecified atom stereocenters. The van der Waals surface area contributed by atoms with E-state index in [1.54, 1.807) is 19.1 Å². The first kappa shape index (κ1) is 21.9. The second-order valence-corrected chi connectivity index (χ2v) is 9.91. The Morgan fingerprint density at radius 1 is 1.00 bits per heavy atom. The quantitative estimate of drug-likeness (QED) is 0.454. The molecule has 0 saturated carbocycles. The van der Waals surface area contributed by atoms with E-state index in [0.717, 1.165) is 44.5 Å². The summed E-state index contributed by atoms with van der Waals surface area (Å²) in [6.45, 7) is 6.47. The van der Waals surface area contributed by atoms with Crippen LogP contribution < -0.4 is 9.62 Å². The minimum atomic E-state index is -3.66. The van der Waals surface area contributed by atoms with Crippen LogP contribution in [0.25, 0.3) is 21.8 Å². The van der Waals surface area contributed by atoms with Gasteiger partial charge in [-0.1, -0.05) is 35.9 Å². The van der Waals surface area contributed by atoms with Gasteiger partial charge in [0.15, 0.2) is 0 Å². The minimum Gasteiger partial charge on any atom is -0.341 e. The lowest BCUT2D eigenvalue weighted by Crippen LogP contribution is -2.45. The van der Waals surface area contributed by atoms with Gasteiger partial charge in [-0.15, -0.1) is 0 Å². The molecule has 1 aromatic heterocycles. The zero-order valence-corrected chi connectivity index (χ0v) is 19.5. The lowest BCUT2D eigenvalue weighted by molar-refractivity contribution is -0.116. The average Bonchev–Trinajstić information content (AvgIpc) is 3.07. The maximum absolute atomic E-state index is 13.1. The molecule has 0 spiro atoms. The zero-order chi connectivity index (χ0) is 23.0. The second kappa shape index (κ2) is 8.31. The number of amides is 1. The summed E-state index contributed by atoms with van der Waals surface area (Å²) in [5, 5.41) is 5.07. The van der Waals surface area contributed by atoms with E-state index in [4.69, 9.17) is 0 Å². The number of hydrogen-bond acceptors (Lipinski definition) is 3. The van der Waals surface area contributed by atoms with Crippen molar-refractivity contribution in [2.45, 2.75) is 33.4 Å². The number of anilines is 2. The van der Waals surface area contributed by atoms with E-state index in [2.05, 4.69) is 28.9 Å². The molecule has 3 aromatic carbocycles. The van der Waals surface area contributed by atoms with E-state index >= 15 is 0 Å². The number of carbonyl (C=O) groups is 1. The molecule has 1 heterocycles. The molecule has 0 saturated heterocycles. The Kier molecular flexibility index (Phi) is 5.69. The summed E-state index contributed by atoms with van der Waals surface area (Å²) in [6, 6.07) is 20.1. The Hall–Kier alpha value is -3.32. The second-order valence-electron chi connectivity index (χ2n) is 8.05. The van der Waals surface area contributed by atoms with Gasteiger partial charge in [-0.3, -0.25) is 9.10 Å². The van der Waals surface area contributed by atoms with Crippen molar-refractivity contribution in [2.24, 2.45) is 0 Å². The smallest absolute Gasteiger partial charge is 0.247 e. The first-order chi connectivity index (χ1) is 15.2. The van der Waals surface area contributed by atoms with Crippen LogP contribution in [0.4, 0.5) is 11.4 Å². The molecule has 0 fully saturated rings. The molecule has 0 aliphatic heterocycles. The van der Waals surface area contributed by atoms with E-state index in [9.17, 15) is 13.2 Å². The van der Waals surface area contributed by atoms with Crippen LogP contribution in [-0.4, -0.2) is 31.2 Å². The number of nitrogens with one attached hydrogen (secondary N) is 1. The number of benzene rings is 3. The van der Waals surface area contributed by atoms with Crippen molar-refractivity contribution >= 4 is 49.1 Å².